The van der Waals surface area contributed by atoms with Crippen molar-refractivity contribution in [3.8, 4) is 11.5 Å². The summed E-state index contributed by atoms with van der Waals surface area (Å²) in [7, 11) is 3.05. The molecular formula is C10H13ClFNO2. The van der Waals surface area contributed by atoms with Gasteiger partial charge in [0.25, 0.3) is 0 Å². The minimum Gasteiger partial charge on any atom is -0.504 e. The highest BCUT2D eigenvalue weighted by Crippen LogP contribution is 2.35. The van der Waals surface area contributed by atoms with Gasteiger partial charge in [0.1, 0.15) is 6.17 Å². The van der Waals surface area contributed by atoms with Crippen molar-refractivity contribution in [1.29, 1.82) is 0 Å². The summed E-state index contributed by atoms with van der Waals surface area (Å²) in [5, 5.41) is 12.4. The summed E-state index contributed by atoms with van der Waals surface area (Å²) in [4.78, 5) is 0. The number of ether oxygens (including phenoxy) is 1. The quantitative estimate of drug-likeness (QED) is 0.839. The van der Waals surface area contributed by atoms with E-state index in [-0.39, 0.29) is 28.6 Å². The maximum atomic E-state index is 13.5. The average Bonchev–Trinajstić information content (AvgIpc) is 2.21. The molecule has 2 N–H and O–H groups in total. The number of phenols is 1. The smallest absolute Gasteiger partial charge is 0.161 e. The summed E-state index contributed by atoms with van der Waals surface area (Å²) >= 11 is 5.85. The number of methoxy groups -OCH3 is 1. The molecule has 0 bridgehead atoms. The molecule has 1 aromatic carbocycles. The van der Waals surface area contributed by atoms with Crippen molar-refractivity contribution in [2.24, 2.45) is 0 Å². The van der Waals surface area contributed by atoms with Crippen molar-refractivity contribution in [3.05, 3.63) is 22.7 Å². The maximum Gasteiger partial charge on any atom is 0.161 e. The lowest BCUT2D eigenvalue weighted by molar-refractivity contribution is 0.331. The third kappa shape index (κ3) is 2.73. The Hall–Kier alpha value is -1.00. The van der Waals surface area contributed by atoms with Gasteiger partial charge in [-0.25, -0.2) is 4.39 Å². The molecule has 0 aromatic heterocycles. The van der Waals surface area contributed by atoms with Crippen molar-refractivity contribution >= 4 is 11.6 Å². The zero-order valence-corrected chi connectivity index (χ0v) is 9.31. The van der Waals surface area contributed by atoms with Crippen LogP contribution in [0.15, 0.2) is 12.1 Å². The van der Waals surface area contributed by atoms with E-state index in [9.17, 15) is 9.50 Å². The van der Waals surface area contributed by atoms with E-state index in [0.717, 1.165) is 0 Å². The number of hydrogen-bond donors (Lipinski definition) is 2. The molecule has 1 unspecified atom stereocenters. The third-order valence-corrected chi connectivity index (χ3v) is 2.35. The van der Waals surface area contributed by atoms with E-state index in [1.807, 2.05) is 0 Å². The SMILES string of the molecule is CNCC(F)c1cc(O)c(OC)cc1Cl. The largest absolute Gasteiger partial charge is 0.504 e. The van der Waals surface area contributed by atoms with Crippen molar-refractivity contribution in [3.63, 3.8) is 0 Å². The summed E-state index contributed by atoms with van der Waals surface area (Å²) in [6.45, 7) is 0.144. The van der Waals surface area contributed by atoms with Crippen LogP contribution in [-0.4, -0.2) is 25.8 Å². The molecule has 0 aliphatic carbocycles. The van der Waals surface area contributed by atoms with E-state index >= 15 is 0 Å². The Morgan fingerprint density at radius 1 is 1.60 bits per heavy atom. The van der Waals surface area contributed by atoms with E-state index in [1.54, 1.807) is 7.05 Å². The summed E-state index contributed by atoms with van der Waals surface area (Å²) in [5.41, 5.74) is 0.254. The minimum atomic E-state index is -1.25. The number of benzene rings is 1. The molecule has 5 heteroatoms. The molecule has 1 aromatic rings. The van der Waals surface area contributed by atoms with Crippen molar-refractivity contribution in [1.82, 2.24) is 5.32 Å². The van der Waals surface area contributed by atoms with Gasteiger partial charge in [-0.3, -0.25) is 0 Å². The Morgan fingerprint density at radius 3 is 2.80 bits per heavy atom. The summed E-state index contributed by atoms with van der Waals surface area (Å²) in [6, 6.07) is 2.68. The van der Waals surface area contributed by atoms with E-state index in [4.69, 9.17) is 16.3 Å². The molecule has 3 nitrogen and oxygen atoms in total. The van der Waals surface area contributed by atoms with Crippen LogP contribution < -0.4 is 10.1 Å². The summed E-state index contributed by atoms with van der Waals surface area (Å²) < 4.78 is 18.4. The van der Waals surface area contributed by atoms with Gasteiger partial charge in [-0.1, -0.05) is 11.6 Å². The van der Waals surface area contributed by atoms with Gasteiger partial charge in [0, 0.05) is 18.2 Å². The number of rotatable bonds is 4. The van der Waals surface area contributed by atoms with Crippen LogP contribution in [-0.2, 0) is 0 Å². The number of hydrogen-bond acceptors (Lipinski definition) is 3. The first-order chi connectivity index (χ1) is 7.10. The van der Waals surface area contributed by atoms with Crippen molar-refractivity contribution in [2.45, 2.75) is 6.17 Å². The average molecular weight is 234 g/mol. The Bertz CT molecular complexity index is 346. The minimum absolute atomic E-state index is 0.115. The lowest BCUT2D eigenvalue weighted by atomic mass is 10.1. The van der Waals surface area contributed by atoms with Gasteiger partial charge in [0.05, 0.1) is 12.1 Å². The zero-order valence-electron chi connectivity index (χ0n) is 8.55. The summed E-state index contributed by atoms with van der Waals surface area (Å²) in [6.07, 6.45) is -1.25. The number of alkyl halides is 1. The monoisotopic (exact) mass is 233 g/mol. The van der Waals surface area contributed by atoms with Crippen LogP contribution >= 0.6 is 11.6 Å². The number of phenolic OH excluding ortho intramolecular Hbond substituents is 1. The van der Waals surface area contributed by atoms with Gasteiger partial charge in [-0.2, -0.15) is 0 Å². The molecule has 0 fully saturated rings. The highest BCUT2D eigenvalue weighted by atomic mass is 35.5. The Balaban J connectivity index is 3.04. The van der Waals surface area contributed by atoms with Crippen LogP contribution in [0.4, 0.5) is 4.39 Å². The molecule has 1 rings (SSSR count). The van der Waals surface area contributed by atoms with Crippen molar-refractivity contribution < 1.29 is 14.2 Å². The fraction of sp³-hybridized carbons (Fsp3) is 0.400. The fourth-order valence-corrected chi connectivity index (χ4v) is 1.52. The molecule has 1 atom stereocenters. The molecule has 0 aliphatic rings. The Labute approximate surface area is 92.8 Å². The normalized spacial score (nSPS) is 12.5. The van der Waals surface area contributed by atoms with E-state index in [1.165, 1.54) is 19.2 Å². The van der Waals surface area contributed by atoms with Gasteiger partial charge in [0.15, 0.2) is 11.5 Å². The predicted molar refractivity (Wildman–Crippen MR) is 57.4 cm³/mol. The van der Waals surface area contributed by atoms with Crippen LogP contribution in [0, 0.1) is 0 Å². The number of aromatic hydroxyl groups is 1. The highest BCUT2D eigenvalue weighted by Gasteiger charge is 2.16. The lowest BCUT2D eigenvalue weighted by Crippen LogP contribution is -2.14. The Morgan fingerprint density at radius 2 is 2.27 bits per heavy atom. The maximum absolute atomic E-state index is 13.5. The first kappa shape index (κ1) is 12.1. The molecule has 0 amide bonds. The molecule has 84 valence electrons. The zero-order chi connectivity index (χ0) is 11.4. The lowest BCUT2D eigenvalue weighted by Gasteiger charge is -2.12. The van der Waals surface area contributed by atoms with Gasteiger partial charge in [-0.05, 0) is 13.1 Å². The van der Waals surface area contributed by atoms with E-state index < -0.39 is 6.17 Å². The van der Waals surface area contributed by atoms with Gasteiger partial charge in [-0.15, -0.1) is 0 Å². The second-order valence-electron chi connectivity index (χ2n) is 3.07. The molecule has 0 spiro atoms. The molecular weight excluding hydrogens is 221 g/mol. The van der Waals surface area contributed by atoms with E-state index in [0.29, 0.717) is 0 Å². The van der Waals surface area contributed by atoms with Gasteiger partial charge in [0.2, 0.25) is 0 Å². The predicted octanol–water partition coefficient (Wildman–Crippen LogP) is 2.28. The van der Waals surface area contributed by atoms with Crippen molar-refractivity contribution in [2.75, 3.05) is 20.7 Å². The molecule has 0 aliphatic heterocycles. The van der Waals surface area contributed by atoms with Gasteiger partial charge >= 0.3 is 0 Å². The third-order valence-electron chi connectivity index (χ3n) is 2.02. The van der Waals surface area contributed by atoms with Crippen LogP contribution in [0.1, 0.15) is 11.7 Å². The van der Waals surface area contributed by atoms with E-state index in [2.05, 4.69) is 5.32 Å². The number of likely N-dealkylation sites (N-methyl/N-ethyl adjacent to an activating group) is 1. The molecule has 15 heavy (non-hydrogen) atoms. The molecule has 0 saturated carbocycles. The first-order valence-electron chi connectivity index (χ1n) is 4.45. The molecule has 0 heterocycles. The number of nitrogens with one attached hydrogen (secondary N) is 1. The standard InChI is InChI=1S/C10H13ClFNO2/c1-13-5-8(12)6-3-9(14)10(15-2)4-7(6)11/h3-4,8,13-14H,5H2,1-2H3. The summed E-state index contributed by atoms with van der Waals surface area (Å²) in [5.74, 6) is 0.121. The molecule has 0 radical (unpaired) electrons. The molecule has 0 saturated heterocycles. The van der Waals surface area contributed by atoms with Crippen LogP contribution in [0.25, 0.3) is 0 Å². The van der Waals surface area contributed by atoms with Crippen LogP contribution in [0.3, 0.4) is 0 Å². The van der Waals surface area contributed by atoms with Gasteiger partial charge < -0.3 is 15.2 Å². The fourth-order valence-electron chi connectivity index (χ4n) is 1.25. The first-order valence-corrected chi connectivity index (χ1v) is 4.83. The van der Waals surface area contributed by atoms with Crippen LogP contribution in [0.5, 0.6) is 11.5 Å². The second-order valence-corrected chi connectivity index (χ2v) is 3.48. The topological polar surface area (TPSA) is 41.5 Å². The second kappa shape index (κ2) is 5.19. The van der Waals surface area contributed by atoms with Crippen LogP contribution in [0.2, 0.25) is 5.02 Å². The Kier molecular flexibility index (Phi) is 4.17. The highest BCUT2D eigenvalue weighted by molar-refractivity contribution is 6.31. The number of halogens is 2.